The lowest BCUT2D eigenvalue weighted by Gasteiger charge is -2.09. The molecule has 0 fully saturated rings. The molecule has 72 valence electrons. The first-order chi connectivity index (χ1) is 5.95. The van der Waals surface area contributed by atoms with Gasteiger partial charge in [0, 0.05) is 5.75 Å². The molecule has 1 aromatic rings. The van der Waals surface area contributed by atoms with Crippen LogP contribution >= 0.6 is 24.2 Å². The van der Waals surface area contributed by atoms with E-state index in [1.807, 2.05) is 0 Å². The maximum atomic E-state index is 12.2. The second kappa shape index (κ2) is 3.80. The quantitative estimate of drug-likeness (QED) is 0.692. The molecule has 1 aromatic carbocycles. The number of hydrogen-bond donors (Lipinski definition) is 1. The predicted molar refractivity (Wildman–Crippen MR) is 49.1 cm³/mol. The highest BCUT2D eigenvalue weighted by Crippen LogP contribution is 2.34. The first kappa shape index (κ1) is 10.7. The summed E-state index contributed by atoms with van der Waals surface area (Å²) in [7, 11) is 0. The van der Waals surface area contributed by atoms with E-state index in [0.717, 1.165) is 6.07 Å². The van der Waals surface area contributed by atoms with Gasteiger partial charge < -0.3 is 0 Å². The third-order valence-corrected chi connectivity index (χ3v) is 2.20. The second-order valence-corrected chi connectivity index (χ2v) is 3.19. The Morgan fingerprint density at radius 1 is 1.31 bits per heavy atom. The van der Waals surface area contributed by atoms with Crippen molar-refractivity contribution in [1.29, 1.82) is 0 Å². The highest BCUT2D eigenvalue weighted by atomic mass is 35.5. The zero-order chi connectivity index (χ0) is 10.1. The Bertz CT molecular complexity index is 309. The van der Waals surface area contributed by atoms with Crippen LogP contribution in [0.2, 0.25) is 5.02 Å². The van der Waals surface area contributed by atoms with Gasteiger partial charge in [-0.05, 0) is 17.7 Å². The van der Waals surface area contributed by atoms with Crippen molar-refractivity contribution in [3.8, 4) is 0 Å². The Kier molecular flexibility index (Phi) is 3.14. The number of thiol groups is 1. The fourth-order valence-corrected chi connectivity index (χ4v) is 1.39. The Morgan fingerprint density at radius 2 is 1.92 bits per heavy atom. The zero-order valence-electron chi connectivity index (χ0n) is 6.40. The van der Waals surface area contributed by atoms with E-state index in [4.69, 9.17) is 11.6 Å². The van der Waals surface area contributed by atoms with Crippen LogP contribution in [0.3, 0.4) is 0 Å². The van der Waals surface area contributed by atoms with Crippen LogP contribution in [0, 0.1) is 0 Å². The molecule has 1 rings (SSSR count). The van der Waals surface area contributed by atoms with Crippen LogP contribution in [0.25, 0.3) is 0 Å². The summed E-state index contributed by atoms with van der Waals surface area (Å²) in [5.41, 5.74) is -0.138. The summed E-state index contributed by atoms with van der Waals surface area (Å²) in [5.74, 6) is 0.373. The molecule has 0 unspecified atom stereocenters. The molecule has 0 radical (unpaired) electrons. The molecule has 0 saturated heterocycles. The number of rotatable bonds is 1. The van der Waals surface area contributed by atoms with E-state index in [1.54, 1.807) is 0 Å². The number of benzene rings is 1. The van der Waals surface area contributed by atoms with E-state index in [1.165, 1.54) is 12.1 Å². The average molecular weight is 227 g/mol. The van der Waals surface area contributed by atoms with Crippen molar-refractivity contribution < 1.29 is 13.2 Å². The minimum atomic E-state index is -4.38. The molecule has 0 amide bonds. The normalized spacial score (nSPS) is 11.8. The van der Waals surface area contributed by atoms with Crippen molar-refractivity contribution in [2.75, 3.05) is 0 Å². The molecule has 0 aliphatic heterocycles. The van der Waals surface area contributed by atoms with Gasteiger partial charge in [0.1, 0.15) is 0 Å². The molecular formula is C8H6ClF3S. The van der Waals surface area contributed by atoms with Crippen molar-refractivity contribution in [2.24, 2.45) is 0 Å². The molecule has 0 atom stereocenters. The smallest absolute Gasteiger partial charge is 0.175 e. The average Bonchev–Trinajstić information content (AvgIpc) is 2.01. The summed E-state index contributed by atoms with van der Waals surface area (Å²) in [6, 6.07) is 3.60. The molecule has 0 nitrogen and oxygen atoms in total. The minimum Gasteiger partial charge on any atom is -0.175 e. The maximum Gasteiger partial charge on any atom is 0.417 e. The predicted octanol–water partition coefficient (Wildman–Crippen LogP) is 3.79. The van der Waals surface area contributed by atoms with Gasteiger partial charge in [-0.15, -0.1) is 0 Å². The standard InChI is InChI=1S/C8H6ClF3S/c9-7-3-5(4-13)1-2-6(7)8(10,11)12/h1-3,13H,4H2. The first-order valence-corrected chi connectivity index (χ1v) is 4.42. The fraction of sp³-hybridized carbons (Fsp3) is 0.250. The summed E-state index contributed by atoms with van der Waals surface area (Å²) in [5, 5.41) is -0.279. The summed E-state index contributed by atoms with van der Waals surface area (Å²) in [6.45, 7) is 0. The van der Waals surface area contributed by atoms with Gasteiger partial charge in [-0.2, -0.15) is 25.8 Å². The highest BCUT2D eigenvalue weighted by molar-refractivity contribution is 7.79. The summed E-state index contributed by atoms with van der Waals surface area (Å²) < 4.78 is 36.5. The molecule has 5 heteroatoms. The van der Waals surface area contributed by atoms with Crippen LogP contribution in [0.4, 0.5) is 13.2 Å². The van der Waals surface area contributed by atoms with Crippen molar-refractivity contribution in [3.63, 3.8) is 0 Å². The summed E-state index contributed by atoms with van der Waals surface area (Å²) in [6.07, 6.45) is -4.38. The van der Waals surface area contributed by atoms with Crippen LogP contribution in [0.5, 0.6) is 0 Å². The molecule has 0 spiro atoms. The van der Waals surface area contributed by atoms with E-state index in [-0.39, 0.29) is 5.02 Å². The molecule has 0 N–H and O–H groups in total. The fourth-order valence-electron chi connectivity index (χ4n) is 0.887. The number of hydrogen-bond acceptors (Lipinski definition) is 1. The lowest BCUT2D eigenvalue weighted by atomic mass is 10.1. The Hall–Kier alpha value is -0.350. The number of halogens is 4. The van der Waals surface area contributed by atoms with Crippen molar-refractivity contribution >= 4 is 24.2 Å². The van der Waals surface area contributed by atoms with Gasteiger partial charge in [0.25, 0.3) is 0 Å². The van der Waals surface area contributed by atoms with Crippen molar-refractivity contribution in [3.05, 3.63) is 34.3 Å². The summed E-state index contributed by atoms with van der Waals surface area (Å²) in [4.78, 5) is 0. The molecule has 0 bridgehead atoms. The van der Waals surface area contributed by atoms with Gasteiger partial charge in [-0.3, -0.25) is 0 Å². The summed E-state index contributed by atoms with van der Waals surface area (Å²) >= 11 is 9.36. The van der Waals surface area contributed by atoms with E-state index >= 15 is 0 Å². The van der Waals surface area contributed by atoms with E-state index in [0.29, 0.717) is 11.3 Å². The van der Waals surface area contributed by atoms with Crippen molar-refractivity contribution in [1.82, 2.24) is 0 Å². The van der Waals surface area contributed by atoms with Crippen LogP contribution in [0.15, 0.2) is 18.2 Å². The molecule has 13 heavy (non-hydrogen) atoms. The van der Waals surface area contributed by atoms with Crippen LogP contribution in [-0.4, -0.2) is 0 Å². The van der Waals surface area contributed by atoms with Gasteiger partial charge in [-0.1, -0.05) is 17.7 Å². The van der Waals surface area contributed by atoms with Crippen LogP contribution in [-0.2, 0) is 11.9 Å². The molecule has 0 aromatic heterocycles. The lowest BCUT2D eigenvalue weighted by molar-refractivity contribution is -0.137. The first-order valence-electron chi connectivity index (χ1n) is 3.41. The largest absolute Gasteiger partial charge is 0.417 e. The van der Waals surface area contributed by atoms with Crippen LogP contribution < -0.4 is 0 Å². The zero-order valence-corrected chi connectivity index (χ0v) is 8.05. The van der Waals surface area contributed by atoms with Gasteiger partial charge in [0.05, 0.1) is 10.6 Å². The molecule has 0 saturated carbocycles. The molecule has 0 aliphatic carbocycles. The van der Waals surface area contributed by atoms with Crippen molar-refractivity contribution in [2.45, 2.75) is 11.9 Å². The SMILES string of the molecule is FC(F)(F)c1ccc(CS)cc1Cl. The van der Waals surface area contributed by atoms with Gasteiger partial charge in [0.2, 0.25) is 0 Å². The Balaban J connectivity index is 3.13. The van der Waals surface area contributed by atoms with Gasteiger partial charge in [-0.25, -0.2) is 0 Å². The van der Waals surface area contributed by atoms with E-state index in [9.17, 15) is 13.2 Å². The van der Waals surface area contributed by atoms with Crippen LogP contribution in [0.1, 0.15) is 11.1 Å². The monoisotopic (exact) mass is 226 g/mol. The Morgan fingerprint density at radius 3 is 2.31 bits per heavy atom. The van der Waals surface area contributed by atoms with Gasteiger partial charge >= 0.3 is 6.18 Å². The maximum absolute atomic E-state index is 12.2. The highest BCUT2D eigenvalue weighted by Gasteiger charge is 2.32. The van der Waals surface area contributed by atoms with E-state index < -0.39 is 11.7 Å². The lowest BCUT2D eigenvalue weighted by Crippen LogP contribution is -2.05. The minimum absolute atomic E-state index is 0.279. The third kappa shape index (κ3) is 2.54. The molecular weight excluding hydrogens is 221 g/mol. The third-order valence-electron chi connectivity index (χ3n) is 1.52. The molecule has 0 heterocycles. The second-order valence-electron chi connectivity index (χ2n) is 2.47. The topological polar surface area (TPSA) is 0 Å². The van der Waals surface area contributed by atoms with Gasteiger partial charge in [0.15, 0.2) is 0 Å². The Labute approximate surface area is 84.1 Å². The number of alkyl halides is 3. The van der Waals surface area contributed by atoms with E-state index in [2.05, 4.69) is 12.6 Å². The molecule has 0 aliphatic rings.